The summed E-state index contributed by atoms with van der Waals surface area (Å²) >= 11 is 5.05. The van der Waals surface area contributed by atoms with Gasteiger partial charge in [0.15, 0.2) is 0 Å². The molecular formula is C9H13BrN2OS. The minimum absolute atomic E-state index is 0.0446. The summed E-state index contributed by atoms with van der Waals surface area (Å²) in [6.45, 7) is 3.72. The largest absolute Gasteiger partial charge is 0.355 e. The van der Waals surface area contributed by atoms with Crippen LogP contribution in [0.5, 0.6) is 0 Å². The Morgan fingerprint density at radius 2 is 2.43 bits per heavy atom. The topological polar surface area (TPSA) is 41.1 Å². The SMILES string of the molecule is CCNC(=O)CNCc1cc(Br)cs1. The number of carbonyl (C=O) groups is 1. The summed E-state index contributed by atoms with van der Waals surface area (Å²) in [5, 5.41) is 7.84. The van der Waals surface area contributed by atoms with E-state index in [1.807, 2.05) is 12.3 Å². The first-order valence-corrected chi connectivity index (χ1v) is 6.10. The van der Waals surface area contributed by atoms with Crippen molar-refractivity contribution in [3.8, 4) is 0 Å². The lowest BCUT2D eigenvalue weighted by molar-refractivity contribution is -0.120. The number of rotatable bonds is 5. The molecule has 0 spiro atoms. The van der Waals surface area contributed by atoms with E-state index in [1.165, 1.54) is 4.88 Å². The van der Waals surface area contributed by atoms with Gasteiger partial charge in [-0.3, -0.25) is 4.79 Å². The molecule has 0 atom stereocenters. The molecule has 0 aliphatic carbocycles. The highest BCUT2D eigenvalue weighted by Crippen LogP contribution is 2.19. The number of likely N-dealkylation sites (N-methyl/N-ethyl adjacent to an activating group) is 1. The fourth-order valence-electron chi connectivity index (χ4n) is 1.01. The second-order valence-corrected chi connectivity index (χ2v) is 4.70. The first-order valence-electron chi connectivity index (χ1n) is 4.42. The fourth-order valence-corrected chi connectivity index (χ4v) is 2.43. The minimum atomic E-state index is 0.0446. The van der Waals surface area contributed by atoms with Crippen molar-refractivity contribution in [1.82, 2.24) is 10.6 Å². The Kier molecular flexibility index (Phi) is 5.14. The van der Waals surface area contributed by atoms with Gasteiger partial charge >= 0.3 is 0 Å². The molecule has 78 valence electrons. The van der Waals surface area contributed by atoms with Crippen molar-refractivity contribution in [1.29, 1.82) is 0 Å². The van der Waals surface area contributed by atoms with Gasteiger partial charge in [-0.05, 0) is 28.9 Å². The van der Waals surface area contributed by atoms with E-state index in [0.717, 1.165) is 11.0 Å². The van der Waals surface area contributed by atoms with Crippen LogP contribution in [0.25, 0.3) is 0 Å². The van der Waals surface area contributed by atoms with Crippen molar-refractivity contribution >= 4 is 33.2 Å². The molecule has 0 aliphatic rings. The summed E-state index contributed by atoms with van der Waals surface area (Å²) in [7, 11) is 0. The standard InChI is InChI=1S/C9H13BrN2OS/c1-2-12-9(13)5-11-4-8-3-7(10)6-14-8/h3,6,11H,2,4-5H2,1H3,(H,12,13). The van der Waals surface area contributed by atoms with Crippen LogP contribution < -0.4 is 10.6 Å². The first kappa shape index (κ1) is 11.7. The second-order valence-electron chi connectivity index (χ2n) is 2.79. The Hall–Kier alpha value is -0.390. The van der Waals surface area contributed by atoms with Crippen LogP contribution in [0.2, 0.25) is 0 Å². The van der Waals surface area contributed by atoms with Crippen LogP contribution in [0.4, 0.5) is 0 Å². The number of carbonyl (C=O) groups excluding carboxylic acids is 1. The van der Waals surface area contributed by atoms with Crippen molar-refractivity contribution in [3.05, 3.63) is 20.8 Å². The summed E-state index contributed by atoms with van der Waals surface area (Å²) in [5.74, 6) is 0.0446. The van der Waals surface area contributed by atoms with Crippen LogP contribution in [0.15, 0.2) is 15.9 Å². The van der Waals surface area contributed by atoms with Crippen LogP contribution in [-0.2, 0) is 11.3 Å². The van der Waals surface area contributed by atoms with E-state index < -0.39 is 0 Å². The van der Waals surface area contributed by atoms with E-state index in [0.29, 0.717) is 13.1 Å². The number of nitrogens with one attached hydrogen (secondary N) is 2. The van der Waals surface area contributed by atoms with E-state index in [-0.39, 0.29) is 5.91 Å². The molecule has 1 amide bonds. The average Bonchev–Trinajstić information content (AvgIpc) is 2.52. The van der Waals surface area contributed by atoms with Crippen LogP contribution in [0, 0.1) is 0 Å². The zero-order valence-corrected chi connectivity index (χ0v) is 10.4. The Bertz CT molecular complexity index is 301. The Morgan fingerprint density at radius 3 is 3.00 bits per heavy atom. The molecule has 0 aliphatic heterocycles. The molecule has 0 saturated carbocycles. The van der Waals surface area contributed by atoms with Crippen molar-refractivity contribution in [2.75, 3.05) is 13.1 Å². The molecular weight excluding hydrogens is 264 g/mol. The molecule has 0 aromatic carbocycles. The highest BCUT2D eigenvalue weighted by Gasteiger charge is 2.00. The van der Waals surface area contributed by atoms with E-state index in [9.17, 15) is 4.79 Å². The van der Waals surface area contributed by atoms with Gasteiger partial charge in [0.25, 0.3) is 0 Å². The molecule has 1 aromatic rings. The maximum atomic E-state index is 11.1. The predicted molar refractivity (Wildman–Crippen MR) is 62.4 cm³/mol. The van der Waals surface area contributed by atoms with Crippen LogP contribution in [-0.4, -0.2) is 19.0 Å². The maximum Gasteiger partial charge on any atom is 0.233 e. The van der Waals surface area contributed by atoms with Crippen LogP contribution in [0.3, 0.4) is 0 Å². The van der Waals surface area contributed by atoms with Crippen LogP contribution >= 0.6 is 27.3 Å². The normalized spacial score (nSPS) is 10.1. The number of thiophene rings is 1. The van der Waals surface area contributed by atoms with Gasteiger partial charge in [0.05, 0.1) is 6.54 Å². The lowest BCUT2D eigenvalue weighted by Crippen LogP contribution is -2.33. The second kappa shape index (κ2) is 6.16. The number of hydrogen-bond acceptors (Lipinski definition) is 3. The summed E-state index contributed by atoms with van der Waals surface area (Å²) in [5.41, 5.74) is 0. The van der Waals surface area contributed by atoms with Gasteiger partial charge in [-0.1, -0.05) is 0 Å². The Morgan fingerprint density at radius 1 is 1.64 bits per heavy atom. The molecule has 2 N–H and O–H groups in total. The molecule has 0 fully saturated rings. The number of hydrogen-bond donors (Lipinski definition) is 2. The number of halogens is 1. The molecule has 0 radical (unpaired) electrons. The third-order valence-electron chi connectivity index (χ3n) is 1.58. The highest BCUT2D eigenvalue weighted by molar-refractivity contribution is 9.10. The zero-order valence-electron chi connectivity index (χ0n) is 7.97. The van der Waals surface area contributed by atoms with Gasteiger partial charge in [0.1, 0.15) is 0 Å². The number of amides is 1. The van der Waals surface area contributed by atoms with Gasteiger partial charge in [-0.2, -0.15) is 0 Å². The van der Waals surface area contributed by atoms with E-state index in [4.69, 9.17) is 0 Å². The molecule has 0 unspecified atom stereocenters. The third kappa shape index (κ3) is 4.21. The quantitative estimate of drug-likeness (QED) is 0.860. The first-order chi connectivity index (χ1) is 6.72. The van der Waals surface area contributed by atoms with Crippen molar-refractivity contribution in [3.63, 3.8) is 0 Å². The fraction of sp³-hybridized carbons (Fsp3) is 0.444. The molecule has 0 saturated heterocycles. The summed E-state index contributed by atoms with van der Waals surface area (Å²) in [6.07, 6.45) is 0. The third-order valence-corrected chi connectivity index (χ3v) is 3.28. The van der Waals surface area contributed by atoms with Gasteiger partial charge in [0.2, 0.25) is 5.91 Å². The lowest BCUT2D eigenvalue weighted by atomic mass is 10.4. The van der Waals surface area contributed by atoms with Gasteiger partial charge in [0, 0.05) is 27.8 Å². The molecule has 0 bridgehead atoms. The lowest BCUT2D eigenvalue weighted by Gasteiger charge is -2.02. The molecule has 1 heterocycles. The van der Waals surface area contributed by atoms with Gasteiger partial charge < -0.3 is 10.6 Å². The van der Waals surface area contributed by atoms with Crippen LogP contribution in [0.1, 0.15) is 11.8 Å². The summed E-state index contributed by atoms with van der Waals surface area (Å²) < 4.78 is 1.09. The van der Waals surface area contributed by atoms with Crippen molar-refractivity contribution < 1.29 is 4.79 Å². The molecule has 3 nitrogen and oxygen atoms in total. The minimum Gasteiger partial charge on any atom is -0.355 e. The van der Waals surface area contributed by atoms with Gasteiger partial charge in [-0.15, -0.1) is 11.3 Å². The maximum absolute atomic E-state index is 11.1. The molecule has 14 heavy (non-hydrogen) atoms. The predicted octanol–water partition coefficient (Wildman–Crippen LogP) is 1.74. The molecule has 1 aromatic heterocycles. The Balaban J connectivity index is 2.18. The van der Waals surface area contributed by atoms with E-state index >= 15 is 0 Å². The van der Waals surface area contributed by atoms with E-state index in [2.05, 4.69) is 32.6 Å². The average molecular weight is 277 g/mol. The summed E-state index contributed by atoms with van der Waals surface area (Å²) in [6, 6.07) is 2.05. The highest BCUT2D eigenvalue weighted by atomic mass is 79.9. The monoisotopic (exact) mass is 276 g/mol. The smallest absolute Gasteiger partial charge is 0.233 e. The van der Waals surface area contributed by atoms with Crippen molar-refractivity contribution in [2.45, 2.75) is 13.5 Å². The zero-order chi connectivity index (χ0) is 10.4. The summed E-state index contributed by atoms with van der Waals surface area (Å²) in [4.78, 5) is 12.3. The van der Waals surface area contributed by atoms with Gasteiger partial charge in [-0.25, -0.2) is 0 Å². The Labute approximate surface area is 96.0 Å². The molecule has 1 rings (SSSR count). The van der Waals surface area contributed by atoms with E-state index in [1.54, 1.807) is 11.3 Å². The molecule has 5 heteroatoms. The van der Waals surface area contributed by atoms with Crippen molar-refractivity contribution in [2.24, 2.45) is 0 Å².